The van der Waals surface area contributed by atoms with Crippen molar-refractivity contribution in [3.63, 3.8) is 0 Å². The first-order valence-electron chi connectivity index (χ1n) is 6.68. The van der Waals surface area contributed by atoms with Crippen molar-refractivity contribution in [2.24, 2.45) is 11.8 Å². The predicted molar refractivity (Wildman–Crippen MR) is 73.4 cm³/mol. The molecular weight excluding hydrogens is 256 g/mol. The van der Waals surface area contributed by atoms with Crippen LogP contribution in [0, 0.1) is 23.2 Å². The van der Waals surface area contributed by atoms with Crippen molar-refractivity contribution in [1.82, 2.24) is 4.90 Å². The average Bonchev–Trinajstić information content (AvgIpc) is 2.41. The van der Waals surface area contributed by atoms with Crippen molar-refractivity contribution in [3.05, 3.63) is 29.8 Å². The Kier molecular flexibility index (Phi) is 4.59. The molecule has 0 bridgehead atoms. The van der Waals surface area contributed by atoms with Gasteiger partial charge in [-0.1, -0.05) is 6.92 Å². The van der Waals surface area contributed by atoms with E-state index in [1.807, 2.05) is 0 Å². The molecule has 0 radical (unpaired) electrons. The molecular formula is C15H18N2O3. The van der Waals surface area contributed by atoms with Gasteiger partial charge in [0, 0.05) is 19.6 Å². The Morgan fingerprint density at radius 2 is 2.15 bits per heavy atom. The Morgan fingerprint density at radius 1 is 1.50 bits per heavy atom. The molecule has 1 aromatic rings. The van der Waals surface area contributed by atoms with Crippen LogP contribution in [0.2, 0.25) is 0 Å². The number of nitrogens with zero attached hydrogens (tertiary/aromatic N) is 2. The van der Waals surface area contributed by atoms with Crippen LogP contribution < -0.4 is 4.74 Å². The quantitative estimate of drug-likeness (QED) is 0.852. The molecule has 1 fully saturated rings. The monoisotopic (exact) mass is 274 g/mol. The second kappa shape index (κ2) is 6.40. The second-order valence-electron chi connectivity index (χ2n) is 5.13. The summed E-state index contributed by atoms with van der Waals surface area (Å²) in [6.45, 7) is 4.77. The molecule has 1 saturated heterocycles. The molecule has 5 nitrogen and oxygen atoms in total. The Balaban J connectivity index is 1.65. The average molecular weight is 274 g/mol. The van der Waals surface area contributed by atoms with Gasteiger partial charge in [0.1, 0.15) is 12.4 Å². The van der Waals surface area contributed by atoms with Crippen molar-refractivity contribution in [3.8, 4) is 11.8 Å². The zero-order chi connectivity index (χ0) is 14.5. The molecule has 20 heavy (non-hydrogen) atoms. The number of aliphatic carboxylic acids is 1. The molecule has 1 N–H and O–H groups in total. The molecule has 0 spiro atoms. The third-order valence-electron chi connectivity index (χ3n) is 3.74. The zero-order valence-electron chi connectivity index (χ0n) is 11.5. The van der Waals surface area contributed by atoms with Crippen LogP contribution in [-0.4, -0.2) is 42.2 Å². The van der Waals surface area contributed by atoms with Gasteiger partial charge in [-0.3, -0.25) is 9.69 Å². The summed E-state index contributed by atoms with van der Waals surface area (Å²) >= 11 is 0. The van der Waals surface area contributed by atoms with E-state index in [1.54, 1.807) is 31.2 Å². The van der Waals surface area contributed by atoms with E-state index in [4.69, 9.17) is 15.1 Å². The van der Waals surface area contributed by atoms with Gasteiger partial charge in [-0.15, -0.1) is 0 Å². The summed E-state index contributed by atoms with van der Waals surface area (Å²) in [5.41, 5.74) is 0.616. The van der Waals surface area contributed by atoms with Crippen molar-refractivity contribution in [1.29, 1.82) is 5.26 Å². The minimum Gasteiger partial charge on any atom is -0.492 e. The predicted octanol–water partition coefficient (Wildman–Crippen LogP) is 1.59. The molecule has 1 atom stereocenters. The molecule has 0 amide bonds. The second-order valence-corrected chi connectivity index (χ2v) is 5.13. The number of nitriles is 1. The van der Waals surface area contributed by atoms with Gasteiger partial charge in [0.25, 0.3) is 0 Å². The first kappa shape index (κ1) is 14.4. The van der Waals surface area contributed by atoms with E-state index in [2.05, 4.69) is 11.0 Å². The molecule has 5 heteroatoms. The largest absolute Gasteiger partial charge is 0.492 e. The van der Waals surface area contributed by atoms with E-state index in [9.17, 15) is 4.79 Å². The normalized spacial score (nSPS) is 17.0. The smallest absolute Gasteiger partial charge is 0.306 e. The fourth-order valence-electron chi connectivity index (χ4n) is 2.23. The van der Waals surface area contributed by atoms with Crippen molar-refractivity contribution >= 4 is 5.97 Å². The number of carbonyl (C=O) groups is 1. The van der Waals surface area contributed by atoms with Crippen LogP contribution in [0.4, 0.5) is 0 Å². The highest BCUT2D eigenvalue weighted by molar-refractivity contribution is 5.70. The lowest BCUT2D eigenvalue weighted by molar-refractivity contribution is -0.145. The number of rotatable bonds is 6. The maximum Gasteiger partial charge on any atom is 0.306 e. The van der Waals surface area contributed by atoms with Crippen LogP contribution >= 0.6 is 0 Å². The summed E-state index contributed by atoms with van der Waals surface area (Å²) in [6.07, 6.45) is 0. The number of hydrogen-bond donors (Lipinski definition) is 1. The topological polar surface area (TPSA) is 73.6 Å². The Morgan fingerprint density at radius 3 is 2.70 bits per heavy atom. The lowest BCUT2D eigenvalue weighted by atomic mass is 9.87. The van der Waals surface area contributed by atoms with Gasteiger partial charge >= 0.3 is 5.97 Å². The first-order valence-corrected chi connectivity index (χ1v) is 6.68. The van der Waals surface area contributed by atoms with Gasteiger partial charge < -0.3 is 9.84 Å². The highest BCUT2D eigenvalue weighted by atomic mass is 16.5. The molecule has 1 aliphatic rings. The van der Waals surface area contributed by atoms with Crippen LogP contribution in [0.3, 0.4) is 0 Å². The van der Waals surface area contributed by atoms with Gasteiger partial charge in [0.05, 0.1) is 17.6 Å². The van der Waals surface area contributed by atoms with E-state index in [-0.39, 0.29) is 11.8 Å². The van der Waals surface area contributed by atoms with Crippen LogP contribution in [0.1, 0.15) is 12.5 Å². The molecule has 0 aromatic heterocycles. The summed E-state index contributed by atoms with van der Waals surface area (Å²) in [4.78, 5) is 13.0. The fourth-order valence-corrected chi connectivity index (χ4v) is 2.23. The minimum absolute atomic E-state index is 0.252. The molecule has 106 valence electrons. The van der Waals surface area contributed by atoms with Crippen molar-refractivity contribution < 1.29 is 14.6 Å². The molecule has 0 saturated carbocycles. The number of benzene rings is 1. The van der Waals surface area contributed by atoms with Gasteiger partial charge in [-0.05, 0) is 30.2 Å². The van der Waals surface area contributed by atoms with Gasteiger partial charge in [0.2, 0.25) is 0 Å². The fraction of sp³-hybridized carbons (Fsp3) is 0.467. The number of likely N-dealkylation sites (tertiary alicyclic amines) is 1. The SMILES string of the molecule is CC(C(=O)O)C1CN(CCOc2ccc(C#N)cc2)C1. The lowest BCUT2D eigenvalue weighted by Crippen LogP contribution is -2.52. The molecule has 0 aliphatic carbocycles. The van der Waals surface area contributed by atoms with E-state index >= 15 is 0 Å². The highest BCUT2D eigenvalue weighted by Gasteiger charge is 2.34. The maximum atomic E-state index is 10.8. The standard InChI is InChI=1S/C15H18N2O3/c1-11(15(18)19)13-9-17(10-13)6-7-20-14-4-2-12(8-16)3-5-14/h2-5,11,13H,6-7,9-10H2,1H3,(H,18,19). The van der Waals surface area contributed by atoms with Crippen LogP contribution in [0.5, 0.6) is 5.75 Å². The number of hydrogen-bond acceptors (Lipinski definition) is 4. The summed E-state index contributed by atoms with van der Waals surface area (Å²) < 4.78 is 5.59. The van der Waals surface area contributed by atoms with Crippen LogP contribution in [0.15, 0.2) is 24.3 Å². The van der Waals surface area contributed by atoms with Gasteiger partial charge in [0.15, 0.2) is 0 Å². The molecule has 2 rings (SSSR count). The summed E-state index contributed by atoms with van der Waals surface area (Å²) in [6, 6.07) is 9.07. The maximum absolute atomic E-state index is 10.8. The summed E-state index contributed by atoms with van der Waals surface area (Å²) in [7, 11) is 0. The van der Waals surface area contributed by atoms with Crippen molar-refractivity contribution in [2.75, 3.05) is 26.2 Å². The molecule has 1 unspecified atom stereocenters. The third kappa shape index (κ3) is 3.49. The number of carboxylic acids is 1. The van der Waals surface area contributed by atoms with Crippen molar-refractivity contribution in [2.45, 2.75) is 6.92 Å². The van der Waals surface area contributed by atoms with Crippen LogP contribution in [0.25, 0.3) is 0 Å². The van der Waals surface area contributed by atoms with Crippen LogP contribution in [-0.2, 0) is 4.79 Å². The van der Waals surface area contributed by atoms with Gasteiger partial charge in [-0.25, -0.2) is 0 Å². The number of ether oxygens (including phenoxy) is 1. The van der Waals surface area contributed by atoms with E-state index < -0.39 is 5.97 Å². The lowest BCUT2D eigenvalue weighted by Gasteiger charge is -2.41. The minimum atomic E-state index is -0.719. The Bertz CT molecular complexity index is 501. The third-order valence-corrected chi connectivity index (χ3v) is 3.74. The van der Waals surface area contributed by atoms with Gasteiger partial charge in [-0.2, -0.15) is 5.26 Å². The van der Waals surface area contributed by atoms with E-state index in [1.165, 1.54) is 0 Å². The highest BCUT2D eigenvalue weighted by Crippen LogP contribution is 2.23. The Labute approximate surface area is 118 Å². The molecule has 1 aromatic carbocycles. The summed E-state index contributed by atoms with van der Waals surface area (Å²) in [5.74, 6) is 0.0107. The summed E-state index contributed by atoms with van der Waals surface area (Å²) in [5, 5.41) is 17.6. The zero-order valence-corrected chi connectivity index (χ0v) is 11.5. The molecule has 1 heterocycles. The van der Waals surface area contributed by atoms with E-state index in [0.717, 1.165) is 25.4 Å². The Hall–Kier alpha value is -2.06. The van der Waals surface area contributed by atoms with E-state index in [0.29, 0.717) is 12.2 Å². The number of carboxylic acid groups (broad SMARTS) is 1. The first-order chi connectivity index (χ1) is 9.60. The molecule has 1 aliphatic heterocycles.